The lowest BCUT2D eigenvalue weighted by Gasteiger charge is -2.24. The number of carbonyl (C=O) groups is 1. The Morgan fingerprint density at radius 2 is 2.31 bits per heavy atom. The molecule has 0 atom stereocenters. The van der Waals surface area contributed by atoms with Gasteiger partial charge in [0.25, 0.3) is 0 Å². The minimum absolute atomic E-state index is 0.190. The van der Waals surface area contributed by atoms with Gasteiger partial charge in [-0.2, -0.15) is 0 Å². The Morgan fingerprint density at radius 1 is 1.62 bits per heavy atom. The number of ether oxygens (including phenoxy) is 1. The zero-order valence-electron chi connectivity index (χ0n) is 9.70. The van der Waals surface area contributed by atoms with Gasteiger partial charge < -0.3 is 4.74 Å². The molecule has 0 aliphatic rings. The fourth-order valence-corrected chi connectivity index (χ4v) is 2.76. The van der Waals surface area contributed by atoms with Crippen LogP contribution >= 0.6 is 27.3 Å². The van der Waals surface area contributed by atoms with Crippen LogP contribution in [0.4, 0.5) is 0 Å². The van der Waals surface area contributed by atoms with E-state index >= 15 is 0 Å². The van der Waals surface area contributed by atoms with Gasteiger partial charge in [0.1, 0.15) is 0 Å². The number of carbonyl (C=O) groups excluding carboxylic acids is 1. The van der Waals surface area contributed by atoms with Crippen LogP contribution in [-0.2, 0) is 16.1 Å². The molecule has 16 heavy (non-hydrogen) atoms. The van der Waals surface area contributed by atoms with Crippen molar-refractivity contribution in [3.05, 3.63) is 20.8 Å². The first-order valence-corrected chi connectivity index (χ1v) is 6.74. The zero-order valence-corrected chi connectivity index (χ0v) is 12.1. The van der Waals surface area contributed by atoms with Gasteiger partial charge in [-0.15, -0.1) is 11.3 Å². The first-order chi connectivity index (χ1) is 7.52. The van der Waals surface area contributed by atoms with Crippen molar-refractivity contribution in [3.63, 3.8) is 0 Å². The standard InChI is InChI=1S/C11H16BrNO2S/c1-8(2)13(6-11(14)15-3)5-10-4-9(12)7-16-10/h4,7-8H,5-6H2,1-3H3. The fraction of sp³-hybridized carbons (Fsp3) is 0.545. The van der Waals surface area contributed by atoms with E-state index in [4.69, 9.17) is 0 Å². The predicted molar refractivity (Wildman–Crippen MR) is 69.6 cm³/mol. The van der Waals surface area contributed by atoms with Crippen LogP contribution in [0.5, 0.6) is 0 Å². The Labute approximate surface area is 109 Å². The SMILES string of the molecule is COC(=O)CN(Cc1cc(Br)cs1)C(C)C. The van der Waals surface area contributed by atoms with Gasteiger partial charge in [0.2, 0.25) is 0 Å². The first-order valence-electron chi connectivity index (χ1n) is 5.06. The summed E-state index contributed by atoms with van der Waals surface area (Å²) < 4.78 is 5.78. The monoisotopic (exact) mass is 305 g/mol. The third-order valence-electron chi connectivity index (χ3n) is 2.27. The van der Waals surface area contributed by atoms with Crippen LogP contribution in [0, 0.1) is 0 Å². The van der Waals surface area contributed by atoms with E-state index in [1.165, 1.54) is 12.0 Å². The van der Waals surface area contributed by atoms with Gasteiger partial charge in [0, 0.05) is 27.3 Å². The summed E-state index contributed by atoms with van der Waals surface area (Å²) in [6.07, 6.45) is 0. The lowest BCUT2D eigenvalue weighted by atomic mass is 10.3. The Hall–Kier alpha value is -0.390. The molecule has 1 aromatic heterocycles. The van der Waals surface area contributed by atoms with Gasteiger partial charge in [-0.05, 0) is 35.8 Å². The summed E-state index contributed by atoms with van der Waals surface area (Å²) in [5.41, 5.74) is 0. The molecule has 0 aliphatic carbocycles. The van der Waals surface area contributed by atoms with E-state index in [0.717, 1.165) is 11.0 Å². The van der Waals surface area contributed by atoms with Gasteiger partial charge in [-0.25, -0.2) is 0 Å². The highest BCUT2D eigenvalue weighted by Gasteiger charge is 2.15. The summed E-state index contributed by atoms with van der Waals surface area (Å²) in [5.74, 6) is -0.190. The zero-order chi connectivity index (χ0) is 12.1. The van der Waals surface area contributed by atoms with Crippen molar-refractivity contribution >= 4 is 33.2 Å². The molecule has 0 fully saturated rings. The van der Waals surface area contributed by atoms with Crippen LogP contribution in [-0.4, -0.2) is 30.6 Å². The summed E-state index contributed by atoms with van der Waals surface area (Å²) in [6, 6.07) is 2.40. The van der Waals surface area contributed by atoms with Crippen molar-refractivity contribution in [3.8, 4) is 0 Å². The predicted octanol–water partition coefficient (Wildman–Crippen LogP) is 2.89. The molecular formula is C11H16BrNO2S. The molecule has 0 bridgehead atoms. The van der Waals surface area contributed by atoms with Crippen LogP contribution in [0.15, 0.2) is 15.9 Å². The van der Waals surface area contributed by atoms with Crippen LogP contribution < -0.4 is 0 Å². The molecule has 0 amide bonds. The van der Waals surface area contributed by atoms with Crippen molar-refractivity contribution in [2.45, 2.75) is 26.4 Å². The number of thiophene rings is 1. The van der Waals surface area contributed by atoms with Crippen molar-refractivity contribution in [2.75, 3.05) is 13.7 Å². The fourth-order valence-electron chi connectivity index (χ4n) is 1.29. The van der Waals surface area contributed by atoms with Gasteiger partial charge >= 0.3 is 5.97 Å². The van der Waals surface area contributed by atoms with Crippen LogP contribution in [0.1, 0.15) is 18.7 Å². The van der Waals surface area contributed by atoms with Crippen LogP contribution in [0.3, 0.4) is 0 Å². The molecule has 0 saturated carbocycles. The summed E-state index contributed by atoms with van der Waals surface area (Å²) in [6.45, 7) is 5.27. The van der Waals surface area contributed by atoms with Crippen LogP contribution in [0.2, 0.25) is 0 Å². The molecule has 3 nitrogen and oxygen atoms in total. The largest absolute Gasteiger partial charge is 0.468 e. The summed E-state index contributed by atoms with van der Waals surface area (Å²) in [5, 5.41) is 2.05. The van der Waals surface area contributed by atoms with Gasteiger partial charge in [-0.1, -0.05) is 0 Å². The first kappa shape index (κ1) is 13.7. The highest BCUT2D eigenvalue weighted by Crippen LogP contribution is 2.21. The molecule has 90 valence electrons. The van der Waals surface area contributed by atoms with Crippen molar-refractivity contribution < 1.29 is 9.53 Å². The minimum Gasteiger partial charge on any atom is -0.468 e. The quantitative estimate of drug-likeness (QED) is 0.784. The van der Waals surface area contributed by atoms with Gasteiger partial charge in [-0.3, -0.25) is 9.69 Å². The Morgan fingerprint density at radius 3 is 2.75 bits per heavy atom. The number of halogens is 1. The van der Waals surface area contributed by atoms with E-state index in [9.17, 15) is 4.79 Å². The number of hydrogen-bond donors (Lipinski definition) is 0. The highest BCUT2D eigenvalue weighted by molar-refractivity contribution is 9.10. The third kappa shape index (κ3) is 4.23. The number of hydrogen-bond acceptors (Lipinski definition) is 4. The highest BCUT2D eigenvalue weighted by atomic mass is 79.9. The second kappa shape index (κ2) is 6.37. The summed E-state index contributed by atoms with van der Waals surface area (Å²) in [7, 11) is 1.42. The smallest absolute Gasteiger partial charge is 0.319 e. The van der Waals surface area contributed by atoms with E-state index < -0.39 is 0 Å². The second-order valence-corrected chi connectivity index (χ2v) is 5.72. The molecule has 0 aromatic carbocycles. The number of esters is 1. The summed E-state index contributed by atoms with van der Waals surface area (Å²) in [4.78, 5) is 14.6. The maximum Gasteiger partial charge on any atom is 0.319 e. The Kier molecular flexibility index (Phi) is 5.44. The van der Waals surface area contributed by atoms with E-state index in [2.05, 4.69) is 45.5 Å². The van der Waals surface area contributed by atoms with E-state index in [-0.39, 0.29) is 5.97 Å². The molecule has 0 aliphatic heterocycles. The van der Waals surface area contributed by atoms with Crippen LogP contribution in [0.25, 0.3) is 0 Å². The van der Waals surface area contributed by atoms with Gasteiger partial charge in [0.15, 0.2) is 0 Å². The van der Waals surface area contributed by atoms with E-state index in [1.807, 2.05) is 5.38 Å². The molecule has 0 spiro atoms. The molecular weight excluding hydrogens is 290 g/mol. The summed E-state index contributed by atoms with van der Waals surface area (Å²) >= 11 is 5.11. The average Bonchev–Trinajstić information content (AvgIpc) is 2.62. The van der Waals surface area contributed by atoms with Crippen molar-refractivity contribution in [2.24, 2.45) is 0 Å². The Balaban J connectivity index is 2.61. The average molecular weight is 306 g/mol. The normalized spacial score (nSPS) is 11.1. The molecule has 1 aromatic rings. The third-order valence-corrected chi connectivity index (χ3v) is 3.95. The molecule has 5 heteroatoms. The number of rotatable bonds is 5. The molecule has 0 unspecified atom stereocenters. The number of nitrogens with zero attached hydrogens (tertiary/aromatic N) is 1. The lowest BCUT2D eigenvalue weighted by Crippen LogP contribution is -2.35. The van der Waals surface area contributed by atoms with Crippen molar-refractivity contribution in [1.29, 1.82) is 0 Å². The minimum atomic E-state index is -0.190. The maximum atomic E-state index is 11.3. The van der Waals surface area contributed by atoms with E-state index in [0.29, 0.717) is 12.6 Å². The Bertz CT molecular complexity index is 352. The second-order valence-electron chi connectivity index (χ2n) is 3.81. The molecule has 1 heterocycles. The van der Waals surface area contributed by atoms with Crippen molar-refractivity contribution in [1.82, 2.24) is 4.90 Å². The molecule has 0 saturated heterocycles. The molecule has 1 rings (SSSR count). The van der Waals surface area contributed by atoms with Gasteiger partial charge in [0.05, 0.1) is 13.7 Å². The molecule has 0 radical (unpaired) electrons. The van der Waals surface area contributed by atoms with E-state index in [1.54, 1.807) is 11.3 Å². The molecule has 0 N–H and O–H groups in total. The number of methoxy groups -OCH3 is 1. The lowest BCUT2D eigenvalue weighted by molar-refractivity contribution is -0.142. The maximum absolute atomic E-state index is 11.3. The topological polar surface area (TPSA) is 29.5 Å².